The second kappa shape index (κ2) is 10.4. The van der Waals surface area contributed by atoms with Crippen LogP contribution in [0.2, 0.25) is 0 Å². The van der Waals surface area contributed by atoms with Crippen molar-refractivity contribution in [3.63, 3.8) is 0 Å². The molecule has 5 heteroatoms. The van der Waals surface area contributed by atoms with Gasteiger partial charge in [-0.15, -0.1) is 0 Å². The number of ether oxygens (including phenoxy) is 2. The van der Waals surface area contributed by atoms with Crippen LogP contribution in [0.4, 0.5) is 17.2 Å². The molecule has 1 heterocycles. The van der Waals surface area contributed by atoms with Gasteiger partial charge < -0.3 is 19.7 Å². The Morgan fingerprint density at radius 3 is 2.66 bits per heavy atom. The number of rotatable bonds is 8. The van der Waals surface area contributed by atoms with Crippen LogP contribution in [-0.4, -0.2) is 25.7 Å². The highest BCUT2D eigenvalue weighted by Gasteiger charge is 2.04. The van der Waals surface area contributed by atoms with Gasteiger partial charge in [0.2, 0.25) is 0 Å². The predicted octanol–water partition coefficient (Wildman–Crippen LogP) is 6.50. The van der Waals surface area contributed by atoms with E-state index in [1.165, 1.54) is 5.57 Å². The van der Waals surface area contributed by atoms with Gasteiger partial charge in [0.05, 0.1) is 6.20 Å². The van der Waals surface area contributed by atoms with Gasteiger partial charge >= 0.3 is 0 Å². The summed E-state index contributed by atoms with van der Waals surface area (Å²) in [7, 11) is 4.01. The van der Waals surface area contributed by atoms with Crippen LogP contribution in [0.1, 0.15) is 6.42 Å². The summed E-state index contributed by atoms with van der Waals surface area (Å²) in [6, 6.07) is 19.6. The van der Waals surface area contributed by atoms with Crippen LogP contribution in [0.3, 0.4) is 0 Å². The minimum Gasteiger partial charge on any atom is -0.489 e. The molecule has 0 spiro atoms. The summed E-state index contributed by atoms with van der Waals surface area (Å²) in [5.41, 5.74) is 3.16. The Morgan fingerprint density at radius 1 is 0.938 bits per heavy atom. The molecule has 0 amide bonds. The van der Waals surface area contributed by atoms with E-state index < -0.39 is 0 Å². The predicted molar refractivity (Wildman–Crippen MR) is 131 cm³/mol. The molecule has 0 radical (unpaired) electrons. The number of pyridine rings is 1. The van der Waals surface area contributed by atoms with E-state index in [4.69, 9.17) is 9.47 Å². The molecule has 0 saturated heterocycles. The van der Waals surface area contributed by atoms with Crippen molar-refractivity contribution in [2.75, 3.05) is 30.9 Å². The van der Waals surface area contributed by atoms with E-state index in [2.05, 4.69) is 34.6 Å². The summed E-state index contributed by atoms with van der Waals surface area (Å²) in [4.78, 5) is 6.51. The first-order valence-corrected chi connectivity index (χ1v) is 10.6. The first-order valence-electron chi connectivity index (χ1n) is 10.6. The minimum atomic E-state index is 0.543. The van der Waals surface area contributed by atoms with Gasteiger partial charge in [-0.25, -0.2) is 4.98 Å². The zero-order valence-corrected chi connectivity index (χ0v) is 18.4. The van der Waals surface area contributed by atoms with E-state index >= 15 is 0 Å². The van der Waals surface area contributed by atoms with Crippen LogP contribution >= 0.6 is 0 Å². The first-order chi connectivity index (χ1) is 15.7. The van der Waals surface area contributed by atoms with Crippen molar-refractivity contribution < 1.29 is 9.47 Å². The molecule has 32 heavy (non-hydrogen) atoms. The van der Waals surface area contributed by atoms with Crippen molar-refractivity contribution in [3.05, 3.63) is 103 Å². The highest BCUT2D eigenvalue weighted by Crippen LogP contribution is 2.26. The molecule has 2 aromatic carbocycles. The number of nitrogens with zero attached hydrogens (tertiary/aromatic N) is 2. The highest BCUT2D eigenvalue weighted by atomic mass is 16.5. The maximum atomic E-state index is 5.96. The number of aromatic nitrogens is 1. The molecule has 1 aliphatic rings. The van der Waals surface area contributed by atoms with Gasteiger partial charge in [-0.2, -0.15) is 0 Å². The first kappa shape index (κ1) is 21.2. The maximum Gasteiger partial charge on any atom is 0.145 e. The quantitative estimate of drug-likeness (QED) is 0.446. The lowest BCUT2D eigenvalue weighted by Gasteiger charge is -2.14. The van der Waals surface area contributed by atoms with Crippen molar-refractivity contribution in [3.8, 4) is 17.2 Å². The zero-order chi connectivity index (χ0) is 22.2. The molecule has 1 N–H and O–H groups in total. The van der Waals surface area contributed by atoms with Gasteiger partial charge in [0.15, 0.2) is 0 Å². The average molecular weight is 426 g/mol. The minimum absolute atomic E-state index is 0.543. The Bertz CT molecular complexity index is 1130. The largest absolute Gasteiger partial charge is 0.489 e. The van der Waals surface area contributed by atoms with E-state index in [0.717, 1.165) is 35.1 Å². The summed E-state index contributed by atoms with van der Waals surface area (Å²) in [6.07, 6.45) is 13.1. The van der Waals surface area contributed by atoms with E-state index in [1.54, 1.807) is 6.20 Å². The Morgan fingerprint density at radius 2 is 1.81 bits per heavy atom. The third kappa shape index (κ3) is 6.01. The Labute approximate surface area is 189 Å². The molecule has 4 rings (SSSR count). The van der Waals surface area contributed by atoms with Crippen LogP contribution in [-0.2, 0) is 0 Å². The average Bonchev–Trinajstić information content (AvgIpc) is 3.08. The van der Waals surface area contributed by atoms with Crippen molar-refractivity contribution >= 4 is 17.2 Å². The molecule has 162 valence electrons. The SMILES string of the molecule is CN(C)c1cccc(Oc2ccc(Nc3cccc(OCC4=CCC=CC=C4)c3)nc2)c1. The molecule has 1 aromatic heterocycles. The van der Waals surface area contributed by atoms with Gasteiger partial charge in [0.25, 0.3) is 0 Å². The highest BCUT2D eigenvalue weighted by molar-refractivity contribution is 5.58. The van der Waals surface area contributed by atoms with Crippen LogP contribution in [0.25, 0.3) is 0 Å². The molecule has 0 unspecified atom stereocenters. The van der Waals surface area contributed by atoms with E-state index in [9.17, 15) is 0 Å². The fourth-order valence-electron chi connectivity index (χ4n) is 3.18. The molecule has 5 nitrogen and oxygen atoms in total. The van der Waals surface area contributed by atoms with Crippen LogP contribution in [0.15, 0.2) is 103 Å². The summed E-state index contributed by atoms with van der Waals surface area (Å²) in [5.74, 6) is 3.00. The lowest BCUT2D eigenvalue weighted by molar-refractivity contribution is 0.355. The molecule has 0 atom stereocenters. The molecular weight excluding hydrogens is 398 g/mol. The van der Waals surface area contributed by atoms with Gasteiger partial charge in [0, 0.05) is 37.6 Å². The molecule has 0 aliphatic heterocycles. The Hall–Kier alpha value is -3.99. The third-order valence-electron chi connectivity index (χ3n) is 4.89. The normalized spacial score (nSPS) is 12.6. The molecule has 1 aliphatic carbocycles. The van der Waals surface area contributed by atoms with Gasteiger partial charge in [-0.1, -0.05) is 42.5 Å². The standard InChI is InChI=1S/C27H27N3O2/c1-30(2)23-12-8-14-25(18-23)32-26-15-16-27(28-19-26)29-22-11-7-13-24(17-22)31-20-21-9-5-3-4-6-10-21/h3-5,7-19H,6,20H2,1-2H3,(H,28,29). The summed E-state index contributed by atoms with van der Waals surface area (Å²) in [6.45, 7) is 0.543. The van der Waals surface area contributed by atoms with Gasteiger partial charge in [-0.3, -0.25) is 0 Å². The van der Waals surface area contributed by atoms with E-state index in [-0.39, 0.29) is 0 Å². The maximum absolute atomic E-state index is 5.96. The number of nitrogens with one attached hydrogen (secondary N) is 1. The van der Waals surface area contributed by atoms with Crippen LogP contribution in [0.5, 0.6) is 17.2 Å². The van der Waals surface area contributed by atoms with E-state index in [0.29, 0.717) is 12.4 Å². The molecule has 3 aromatic rings. The number of hydrogen-bond acceptors (Lipinski definition) is 5. The number of benzene rings is 2. The molecule has 0 fully saturated rings. The van der Waals surface area contributed by atoms with Crippen LogP contribution in [0, 0.1) is 0 Å². The van der Waals surface area contributed by atoms with Crippen LogP contribution < -0.4 is 19.7 Å². The summed E-state index contributed by atoms with van der Waals surface area (Å²) in [5, 5.41) is 3.32. The number of anilines is 3. The topological polar surface area (TPSA) is 46.6 Å². The third-order valence-corrected chi connectivity index (χ3v) is 4.89. The number of hydrogen-bond donors (Lipinski definition) is 1. The Kier molecular flexibility index (Phi) is 6.88. The van der Waals surface area contributed by atoms with E-state index in [1.807, 2.05) is 85.7 Å². The van der Waals surface area contributed by atoms with Gasteiger partial charge in [0.1, 0.15) is 29.7 Å². The zero-order valence-electron chi connectivity index (χ0n) is 18.4. The summed E-state index contributed by atoms with van der Waals surface area (Å²) >= 11 is 0. The lowest BCUT2D eigenvalue weighted by atomic mass is 10.2. The second-order valence-electron chi connectivity index (χ2n) is 7.62. The van der Waals surface area contributed by atoms with Gasteiger partial charge in [-0.05, 0) is 48.4 Å². The van der Waals surface area contributed by atoms with Crippen molar-refractivity contribution in [1.29, 1.82) is 0 Å². The monoisotopic (exact) mass is 425 g/mol. The van der Waals surface area contributed by atoms with Crippen molar-refractivity contribution in [2.45, 2.75) is 6.42 Å². The fourth-order valence-corrected chi connectivity index (χ4v) is 3.18. The molecular formula is C27H27N3O2. The van der Waals surface area contributed by atoms with Crippen molar-refractivity contribution in [2.24, 2.45) is 0 Å². The summed E-state index contributed by atoms with van der Waals surface area (Å²) < 4.78 is 11.9. The van der Waals surface area contributed by atoms with Crippen molar-refractivity contribution in [1.82, 2.24) is 4.98 Å². The second-order valence-corrected chi connectivity index (χ2v) is 7.62. The molecule has 0 bridgehead atoms. The fraction of sp³-hybridized carbons (Fsp3) is 0.148. The Balaban J connectivity index is 1.35. The smallest absolute Gasteiger partial charge is 0.145 e. The molecule has 0 saturated carbocycles. The number of allylic oxidation sites excluding steroid dienone is 4. The lowest BCUT2D eigenvalue weighted by Crippen LogP contribution is -2.08.